The number of amides is 5. The number of fused-ring (bicyclic) bond motifs is 2. The van der Waals surface area contributed by atoms with E-state index in [1.165, 1.54) is 58.3 Å². The predicted octanol–water partition coefficient (Wildman–Crippen LogP) is 7.65. The highest BCUT2D eigenvalue weighted by atomic mass is 32.2. The molecule has 5 aromatic rings. The van der Waals surface area contributed by atoms with Crippen LogP contribution in [0.2, 0.25) is 0 Å². The van der Waals surface area contributed by atoms with Crippen molar-refractivity contribution in [3.63, 3.8) is 0 Å². The van der Waals surface area contributed by atoms with E-state index in [0.29, 0.717) is 115 Å². The minimum atomic E-state index is -4.87. The smallest absolute Gasteiger partial charge is 0.326 e. The van der Waals surface area contributed by atoms with Gasteiger partial charge in [0.15, 0.2) is 5.71 Å². The van der Waals surface area contributed by atoms with Crippen molar-refractivity contribution in [2.75, 3.05) is 96.0 Å². The van der Waals surface area contributed by atoms with Gasteiger partial charge in [-0.3, -0.25) is 52.2 Å². The zero-order valence-corrected chi connectivity index (χ0v) is 78.3. The third-order valence-corrected chi connectivity index (χ3v) is 26.6. The number of phenolic OH excluding ortho intramolecular Hbond substituents is 2. The number of rotatable bonds is 57. The van der Waals surface area contributed by atoms with Crippen molar-refractivity contribution in [2.24, 2.45) is 0 Å². The molecule has 0 unspecified atom stereocenters. The molecule has 2 atom stereocenters. The molecule has 0 bridgehead atoms. The van der Waals surface area contributed by atoms with Crippen LogP contribution in [0.25, 0.3) is 0 Å². The number of hydrogen-bond acceptors (Lipinski definition) is 25. The largest absolute Gasteiger partial charge is 0.744 e. The molecule has 2 heterocycles. The fourth-order valence-electron chi connectivity index (χ4n) is 16.2. The number of urea groups is 1. The number of carboxylic acid groups (broad SMARTS) is 5. The van der Waals surface area contributed by atoms with Crippen LogP contribution in [0.3, 0.4) is 0 Å². The van der Waals surface area contributed by atoms with Crippen LogP contribution in [0.1, 0.15) is 169 Å². The summed E-state index contributed by atoms with van der Waals surface area (Å²) < 4.78 is 153. The molecule has 0 aromatic heterocycles. The Kier molecular flexibility index (Phi) is 40.1. The van der Waals surface area contributed by atoms with Gasteiger partial charge in [0.2, 0.25) is 23.4 Å². The van der Waals surface area contributed by atoms with Gasteiger partial charge >= 0.3 is 35.9 Å². The van der Waals surface area contributed by atoms with Crippen LogP contribution >= 0.6 is 0 Å². The third kappa shape index (κ3) is 33.9. The maximum atomic E-state index is 13.1. The highest BCUT2D eigenvalue weighted by molar-refractivity contribution is 7.86. The number of carbonyl (C=O) groups is 9. The molecule has 43 heteroatoms. The number of allylic oxidation sites excluding steroid dienone is 8. The van der Waals surface area contributed by atoms with Crippen molar-refractivity contribution in [2.45, 2.75) is 200 Å². The number of aliphatic carboxylic acids is 5. The molecule has 39 nitrogen and oxygen atoms in total. The van der Waals surface area contributed by atoms with Gasteiger partial charge in [0, 0.05) is 130 Å². The second-order valence-corrected chi connectivity index (χ2v) is 39.8. The summed E-state index contributed by atoms with van der Waals surface area (Å²) >= 11 is 0. The Morgan fingerprint density at radius 3 is 1.60 bits per heavy atom. The molecular formula is C91H119N9O30S4. The molecule has 2 aliphatic heterocycles. The lowest BCUT2D eigenvalue weighted by Gasteiger charge is -2.28. The summed E-state index contributed by atoms with van der Waals surface area (Å²) in [6, 6.07) is 19.6. The maximum Gasteiger partial charge on any atom is 0.326 e. The van der Waals surface area contributed by atoms with Crippen molar-refractivity contribution in [3.8, 4) is 11.5 Å². The Morgan fingerprint density at radius 2 is 1.06 bits per heavy atom. The molecule has 0 saturated carbocycles. The first kappa shape index (κ1) is 108. The fourth-order valence-corrected chi connectivity index (χ4v) is 18.2. The standard InChI is InChI=1S/C91H119N9O30S4/c1-90(2)71-54-68(133(123,124)125)27-30-75(71)99(79(90)34-23-63-13-12-14-64(70(63)53-62-17-25-67(26-18-62)132(120,121)122)24-35-80-91(3,4)72-55-69(134(126,127)128)28-31-76(72)100(80)43-10-11-50-131(117,118)119)42-9-5-6-16-81(103)93-40-46-129-48-49-130-47-41-94-83(105)37-22-61-20-33-78(102)66(52-61)57-98(59-86(110)111)45-44-97(58-85(108)109)56-65-51-60(19-32-77(65)101)21-36-82(104)92-39-8-7-15-73(87(112)113)95-89(116)96-74(88(114)115)29-38-84(106)107/h17-20,23-28,30-35,51-52,54-55,73-74H,5-16,21-22,29,36-50,53,56-59H2,1-4H3,(H15-,92,93,94,95,96,101,102,103,104,105,106,107,108,109,110,111,112,113,114,115,116,117,118,119,120,121,122,123,124,125,126,127,128)/t73-,74-/m0/s1. The van der Waals surface area contributed by atoms with E-state index in [1.54, 1.807) is 48.5 Å². The molecule has 1 aliphatic carbocycles. The van der Waals surface area contributed by atoms with Crippen LogP contribution in [0.4, 0.5) is 16.2 Å². The van der Waals surface area contributed by atoms with E-state index in [9.17, 15) is 126 Å². The monoisotopic (exact) mass is 1950 g/mol. The van der Waals surface area contributed by atoms with Crippen LogP contribution in [-0.2, 0) is 131 Å². The second kappa shape index (κ2) is 49.7. The van der Waals surface area contributed by atoms with Crippen LogP contribution < -0.4 is 31.5 Å². The molecule has 732 valence electrons. The second-order valence-electron chi connectivity index (χ2n) is 34.0. The average Bonchev–Trinajstić information content (AvgIpc) is 1.59. The van der Waals surface area contributed by atoms with E-state index in [-0.39, 0.29) is 169 Å². The number of carbonyl (C=O) groups excluding carboxylic acids is 4. The summed E-state index contributed by atoms with van der Waals surface area (Å²) in [4.78, 5) is 113. The lowest BCUT2D eigenvalue weighted by atomic mass is 9.80. The summed E-state index contributed by atoms with van der Waals surface area (Å²) in [5, 5.41) is 81.8. The van der Waals surface area contributed by atoms with Gasteiger partial charge in [-0.25, -0.2) is 22.8 Å². The molecule has 0 radical (unpaired) electrons. The van der Waals surface area contributed by atoms with Crippen molar-refractivity contribution < 1.29 is 145 Å². The number of unbranched alkanes of at least 4 members (excludes halogenated alkanes) is 4. The van der Waals surface area contributed by atoms with Crippen LogP contribution in [0.15, 0.2) is 158 Å². The summed E-state index contributed by atoms with van der Waals surface area (Å²) in [5.41, 5.74) is 7.61. The van der Waals surface area contributed by atoms with E-state index in [4.69, 9.17) is 14.6 Å². The Hall–Kier alpha value is -11.4. The molecular weight excluding hydrogens is 1830 g/mol. The quantitative estimate of drug-likeness (QED) is 0.0101. The number of benzene rings is 5. The number of nitrogens with zero attached hydrogens (tertiary/aromatic N) is 4. The molecule has 0 fully saturated rings. The zero-order chi connectivity index (χ0) is 98.5. The number of ether oxygens (including phenoxy) is 2. The minimum Gasteiger partial charge on any atom is -0.744 e. The number of aromatic hydroxyl groups is 2. The maximum absolute atomic E-state index is 13.1. The van der Waals surface area contributed by atoms with Gasteiger partial charge < -0.3 is 81.3 Å². The molecule has 0 spiro atoms. The number of carboxylic acids is 5. The molecule has 15 N–H and O–H groups in total. The summed E-state index contributed by atoms with van der Waals surface area (Å²) in [6.45, 7) is 8.40. The Balaban J connectivity index is 0.775. The molecule has 3 aliphatic rings. The lowest BCUT2D eigenvalue weighted by molar-refractivity contribution is -0.438. The summed E-state index contributed by atoms with van der Waals surface area (Å²) in [6.07, 6.45) is 12.3. The van der Waals surface area contributed by atoms with E-state index in [0.717, 1.165) is 28.1 Å². The Labute approximate surface area is 778 Å². The van der Waals surface area contributed by atoms with E-state index >= 15 is 0 Å². The highest BCUT2D eigenvalue weighted by Crippen LogP contribution is 2.50. The lowest BCUT2D eigenvalue weighted by Crippen LogP contribution is -2.51. The number of anilines is 1. The van der Waals surface area contributed by atoms with E-state index in [1.807, 2.05) is 62.2 Å². The van der Waals surface area contributed by atoms with Crippen LogP contribution in [0.5, 0.6) is 11.5 Å². The SMILES string of the molecule is CC1(C)C(/C=C/C2=C(Cc3ccc(S(=O)(=O)O)cc3)C(=C/C=C3/N(CCCCS(=O)(=O)O)c4ccc(S(=O)(=O)O)cc4C3(C)C)/CCC2)=[N+](CCCCCC(=O)NCCOCCOCCNC(=O)CCc2ccc(O)c(CN(CCN(CC(=O)O)Cc3cc(CCC(=O)NCCCC[C@H](NC(=O)N[C@@H](CCC(=O)O)C(=O)O)C(=O)O)ccc3O)CC(=O)O)c2)c2ccc(S(=O)(=O)[O-])cc21. The normalized spacial score (nSPS) is 15.4. The molecule has 0 saturated heterocycles. The van der Waals surface area contributed by atoms with Crippen molar-refractivity contribution >= 4 is 111 Å². The summed E-state index contributed by atoms with van der Waals surface area (Å²) in [5.74, 6) is -8.26. The summed E-state index contributed by atoms with van der Waals surface area (Å²) in [7, 11) is -18.3. The van der Waals surface area contributed by atoms with Crippen LogP contribution in [0, 0.1) is 0 Å². The molecule has 134 heavy (non-hydrogen) atoms. The van der Waals surface area contributed by atoms with Gasteiger partial charge in [0.25, 0.3) is 30.4 Å². The van der Waals surface area contributed by atoms with E-state index < -0.39 is 136 Å². The van der Waals surface area contributed by atoms with E-state index in [2.05, 4.69) is 25.8 Å². The highest BCUT2D eigenvalue weighted by Gasteiger charge is 2.45. The molecule has 8 rings (SSSR count). The first-order valence-corrected chi connectivity index (χ1v) is 49.7. The van der Waals surface area contributed by atoms with Gasteiger partial charge in [0.05, 0.1) is 65.4 Å². The topological polar surface area (TPSA) is 607 Å². The Morgan fingerprint density at radius 1 is 0.530 bits per heavy atom. The van der Waals surface area contributed by atoms with Gasteiger partial charge in [0.1, 0.15) is 40.2 Å². The number of nitrogens with one attached hydrogen (secondary N) is 5. The number of phenols is 2. The number of aryl methyl sites for hydroxylation is 2. The zero-order valence-electron chi connectivity index (χ0n) is 75.0. The van der Waals surface area contributed by atoms with Crippen molar-refractivity contribution in [3.05, 3.63) is 183 Å². The number of hydrogen-bond donors (Lipinski definition) is 15. The van der Waals surface area contributed by atoms with Gasteiger partial charge in [-0.2, -0.15) is 29.8 Å². The van der Waals surface area contributed by atoms with Gasteiger partial charge in [-0.05, 0) is 203 Å². The van der Waals surface area contributed by atoms with Crippen molar-refractivity contribution in [1.29, 1.82) is 0 Å². The molecule has 5 aromatic carbocycles. The third-order valence-electron chi connectivity index (χ3n) is 23.2. The minimum absolute atomic E-state index is 0.00792. The van der Waals surface area contributed by atoms with Crippen LogP contribution in [-0.4, -0.2) is 264 Å². The predicted molar refractivity (Wildman–Crippen MR) is 489 cm³/mol. The Bertz CT molecular complexity index is 5740. The van der Waals surface area contributed by atoms with Gasteiger partial charge in [-0.15, -0.1) is 0 Å². The van der Waals surface area contributed by atoms with Crippen molar-refractivity contribution in [1.82, 2.24) is 36.4 Å². The average molecular weight is 1950 g/mol. The first-order valence-electron chi connectivity index (χ1n) is 43.8. The molecule has 5 amide bonds. The van der Waals surface area contributed by atoms with Gasteiger partial charge in [-0.1, -0.05) is 62.4 Å². The first-order chi connectivity index (χ1) is 63.1. The fraction of sp³-hybridized carbons (Fsp3) is 0.473.